The van der Waals surface area contributed by atoms with Crippen LogP contribution in [0.2, 0.25) is 0 Å². The first-order chi connectivity index (χ1) is 11.6. The van der Waals surface area contributed by atoms with Crippen molar-refractivity contribution in [1.82, 2.24) is 15.1 Å². The second kappa shape index (κ2) is 7.11. The molecule has 0 aliphatic carbocycles. The van der Waals surface area contributed by atoms with Crippen LogP contribution in [-0.2, 0) is 35.6 Å². The number of nitrogens with one attached hydrogen (secondary N) is 1. The average molecular weight is 333 g/mol. The average Bonchev–Trinajstić information content (AvgIpc) is 2.98. The number of carbonyl (C=O) groups excluding carboxylic acids is 1. The van der Waals surface area contributed by atoms with Gasteiger partial charge < -0.3 is 14.8 Å². The molecule has 24 heavy (non-hydrogen) atoms. The van der Waals surface area contributed by atoms with E-state index < -0.39 is 5.97 Å². The maximum Gasteiger partial charge on any atom is 0.341 e. The summed E-state index contributed by atoms with van der Waals surface area (Å²) < 4.78 is 25.9. The van der Waals surface area contributed by atoms with Crippen LogP contribution < -0.4 is 5.32 Å². The lowest BCUT2D eigenvalue weighted by atomic mass is 9.98. The fourth-order valence-electron chi connectivity index (χ4n) is 2.95. The van der Waals surface area contributed by atoms with Crippen LogP contribution in [0.1, 0.15) is 32.7 Å². The molecule has 0 unspecified atom stereocenters. The molecule has 2 heterocycles. The Kier molecular flexibility index (Phi) is 4.92. The zero-order valence-corrected chi connectivity index (χ0v) is 13.8. The largest absolute Gasteiger partial charge is 0.465 e. The van der Waals surface area contributed by atoms with E-state index in [-0.39, 0.29) is 19.0 Å². The fraction of sp³-hybridized carbons (Fsp3) is 0.412. The number of esters is 1. The number of hydrogen-bond acceptors (Lipinski definition) is 5. The van der Waals surface area contributed by atoms with E-state index in [1.54, 1.807) is 10.7 Å². The molecule has 0 amide bonds. The topological polar surface area (TPSA) is 65.4 Å². The van der Waals surface area contributed by atoms with Crippen LogP contribution in [0.5, 0.6) is 0 Å². The van der Waals surface area contributed by atoms with Crippen molar-refractivity contribution in [3.63, 3.8) is 0 Å². The van der Waals surface area contributed by atoms with Gasteiger partial charge in [0.25, 0.3) is 0 Å². The highest BCUT2D eigenvalue weighted by Crippen LogP contribution is 2.21. The first-order valence-electron chi connectivity index (χ1n) is 7.77. The highest BCUT2D eigenvalue weighted by Gasteiger charge is 2.20. The second-order valence-corrected chi connectivity index (χ2v) is 5.73. The summed E-state index contributed by atoms with van der Waals surface area (Å²) in [5, 5.41) is 7.49. The molecule has 0 radical (unpaired) electrons. The zero-order chi connectivity index (χ0) is 17.1. The number of ether oxygens (including phenoxy) is 2. The van der Waals surface area contributed by atoms with E-state index in [1.165, 1.54) is 20.4 Å². The Morgan fingerprint density at radius 2 is 2.21 bits per heavy atom. The van der Waals surface area contributed by atoms with Gasteiger partial charge in [-0.1, -0.05) is 0 Å². The Labute approximate surface area is 139 Å². The Morgan fingerprint density at radius 3 is 2.96 bits per heavy atom. The molecule has 0 bridgehead atoms. The fourth-order valence-corrected chi connectivity index (χ4v) is 2.95. The predicted octanol–water partition coefficient (Wildman–Crippen LogP) is 1.65. The third-order valence-electron chi connectivity index (χ3n) is 4.21. The Bertz CT molecular complexity index is 758. The molecule has 0 saturated carbocycles. The minimum atomic E-state index is -0.483. The van der Waals surface area contributed by atoms with Crippen LogP contribution in [-0.4, -0.2) is 36.5 Å². The third-order valence-corrected chi connectivity index (χ3v) is 4.21. The van der Waals surface area contributed by atoms with Crippen LogP contribution in [0.25, 0.3) is 0 Å². The van der Waals surface area contributed by atoms with Crippen LogP contribution in [0.15, 0.2) is 18.3 Å². The molecule has 1 N–H and O–H groups in total. The van der Waals surface area contributed by atoms with E-state index in [9.17, 15) is 9.18 Å². The van der Waals surface area contributed by atoms with Gasteiger partial charge in [0.2, 0.25) is 0 Å². The first kappa shape index (κ1) is 16.6. The summed E-state index contributed by atoms with van der Waals surface area (Å²) >= 11 is 0. The first-order valence-corrected chi connectivity index (χ1v) is 7.77. The quantitative estimate of drug-likeness (QED) is 0.843. The maximum atomic E-state index is 14.4. The summed E-state index contributed by atoms with van der Waals surface area (Å²) in [6.45, 7) is 2.03. The number of carbonyl (C=O) groups is 1. The lowest BCUT2D eigenvalue weighted by Crippen LogP contribution is -2.24. The van der Waals surface area contributed by atoms with Crippen molar-refractivity contribution in [3.8, 4) is 0 Å². The van der Waals surface area contributed by atoms with Gasteiger partial charge in [-0.2, -0.15) is 5.10 Å². The van der Waals surface area contributed by atoms with Crippen molar-refractivity contribution >= 4 is 5.97 Å². The lowest BCUT2D eigenvalue weighted by Gasteiger charge is -2.19. The van der Waals surface area contributed by atoms with Crippen molar-refractivity contribution in [2.24, 2.45) is 0 Å². The molecule has 6 nitrogen and oxygen atoms in total. The molecule has 0 saturated heterocycles. The second-order valence-electron chi connectivity index (χ2n) is 5.73. The third kappa shape index (κ3) is 3.18. The van der Waals surface area contributed by atoms with E-state index >= 15 is 0 Å². The van der Waals surface area contributed by atoms with E-state index in [0.29, 0.717) is 16.8 Å². The molecule has 1 aliphatic heterocycles. The molecule has 2 aromatic rings. The van der Waals surface area contributed by atoms with E-state index in [4.69, 9.17) is 9.47 Å². The van der Waals surface area contributed by atoms with Gasteiger partial charge in [0, 0.05) is 19.2 Å². The van der Waals surface area contributed by atoms with E-state index in [2.05, 4.69) is 10.4 Å². The number of nitrogens with zero attached hydrogens (tertiary/aromatic N) is 2. The molecule has 128 valence electrons. The molecular weight excluding hydrogens is 313 g/mol. The molecule has 1 aliphatic rings. The summed E-state index contributed by atoms with van der Waals surface area (Å²) in [4.78, 5) is 11.8. The predicted molar refractivity (Wildman–Crippen MR) is 85.2 cm³/mol. The Balaban J connectivity index is 1.93. The number of fused-ring (bicyclic) bond motifs is 1. The number of hydrogen-bond donors (Lipinski definition) is 1. The van der Waals surface area contributed by atoms with Crippen LogP contribution >= 0.6 is 0 Å². The summed E-state index contributed by atoms with van der Waals surface area (Å²) in [6.07, 6.45) is 2.26. The lowest BCUT2D eigenvalue weighted by molar-refractivity contribution is 0.0595. The molecule has 7 heteroatoms. The molecule has 3 rings (SSSR count). The van der Waals surface area contributed by atoms with E-state index in [1.807, 2.05) is 6.07 Å². The summed E-state index contributed by atoms with van der Waals surface area (Å²) in [7, 11) is 2.84. The highest BCUT2D eigenvalue weighted by atomic mass is 19.1. The van der Waals surface area contributed by atoms with Gasteiger partial charge in [-0.15, -0.1) is 0 Å². The van der Waals surface area contributed by atoms with Crippen molar-refractivity contribution in [2.75, 3.05) is 20.8 Å². The molecule has 0 spiro atoms. The van der Waals surface area contributed by atoms with Gasteiger partial charge in [0.05, 0.1) is 32.2 Å². The minimum Gasteiger partial charge on any atom is -0.465 e. The van der Waals surface area contributed by atoms with Gasteiger partial charge in [0.1, 0.15) is 11.4 Å². The normalized spacial score (nSPS) is 13.6. The van der Waals surface area contributed by atoms with Crippen LogP contribution in [0.3, 0.4) is 0 Å². The van der Waals surface area contributed by atoms with Crippen molar-refractivity contribution in [3.05, 3.63) is 52.1 Å². The minimum absolute atomic E-state index is 0.193. The van der Waals surface area contributed by atoms with Gasteiger partial charge >= 0.3 is 5.97 Å². The summed E-state index contributed by atoms with van der Waals surface area (Å²) in [5.41, 5.74) is 3.59. The zero-order valence-electron chi connectivity index (χ0n) is 13.8. The number of benzene rings is 1. The number of aromatic nitrogens is 2. The van der Waals surface area contributed by atoms with Crippen molar-refractivity contribution in [1.29, 1.82) is 0 Å². The molecule has 0 fully saturated rings. The van der Waals surface area contributed by atoms with Gasteiger partial charge in [-0.3, -0.25) is 4.68 Å². The van der Waals surface area contributed by atoms with E-state index in [0.717, 1.165) is 30.6 Å². The number of methoxy groups -OCH3 is 2. The van der Waals surface area contributed by atoms with Crippen molar-refractivity contribution in [2.45, 2.75) is 26.1 Å². The Hall–Kier alpha value is -2.25. The van der Waals surface area contributed by atoms with Crippen LogP contribution in [0.4, 0.5) is 4.39 Å². The Morgan fingerprint density at radius 1 is 1.38 bits per heavy atom. The van der Waals surface area contributed by atoms with Gasteiger partial charge in [0.15, 0.2) is 0 Å². The van der Waals surface area contributed by atoms with Gasteiger partial charge in [-0.05, 0) is 36.2 Å². The maximum absolute atomic E-state index is 14.4. The summed E-state index contributed by atoms with van der Waals surface area (Å²) in [5.74, 6) is -0.738. The highest BCUT2D eigenvalue weighted by molar-refractivity contribution is 5.90. The number of halogens is 1. The van der Waals surface area contributed by atoms with Crippen LogP contribution in [0, 0.1) is 5.82 Å². The SMILES string of the molecule is COCc1c(C(=O)OC)cnn1Cc1cc2c(cc1F)CCNC2. The molecule has 0 atom stereocenters. The van der Waals surface area contributed by atoms with Gasteiger partial charge in [-0.25, -0.2) is 9.18 Å². The van der Waals surface area contributed by atoms with Crippen molar-refractivity contribution < 1.29 is 18.7 Å². The molecular formula is C17H20FN3O3. The molecule has 1 aromatic carbocycles. The summed E-state index contributed by atoms with van der Waals surface area (Å²) in [6, 6.07) is 3.47. The number of rotatable bonds is 5. The smallest absolute Gasteiger partial charge is 0.341 e. The molecule has 1 aromatic heterocycles. The monoisotopic (exact) mass is 333 g/mol. The standard InChI is InChI=1S/C17H20FN3O3/c1-23-10-16-14(17(22)24-2)8-20-21(16)9-13-5-12-7-19-4-3-11(12)6-15(13)18/h5-6,8,19H,3-4,7,9-10H2,1-2H3.